The van der Waals surface area contributed by atoms with Crippen LogP contribution >= 0.6 is 0 Å². The number of benzene rings is 1. The number of oxazole rings is 1. The minimum absolute atomic E-state index is 0.122. The van der Waals surface area contributed by atoms with Gasteiger partial charge in [-0.2, -0.15) is 13.2 Å². The third-order valence-corrected chi connectivity index (χ3v) is 5.14. The summed E-state index contributed by atoms with van der Waals surface area (Å²) in [5, 5.41) is 2.82. The number of aryl methyl sites for hydroxylation is 1. The molecule has 3 N–H and O–H groups in total. The molecule has 0 amide bonds. The van der Waals surface area contributed by atoms with Crippen LogP contribution in [-0.2, 0) is 16.5 Å². The van der Waals surface area contributed by atoms with Crippen molar-refractivity contribution >= 4 is 11.7 Å². The quantitative estimate of drug-likeness (QED) is 0.690. The number of nitrogens with zero attached hydrogens (tertiary/aromatic N) is 2. The Bertz CT molecular complexity index is 986. The highest BCUT2D eigenvalue weighted by Gasteiger charge is 2.52. The van der Waals surface area contributed by atoms with E-state index in [-0.39, 0.29) is 28.9 Å². The van der Waals surface area contributed by atoms with E-state index in [4.69, 9.17) is 14.9 Å². The summed E-state index contributed by atoms with van der Waals surface area (Å²) in [7, 11) is 0. The Balaban J connectivity index is 1.98. The molecule has 3 atom stereocenters. The van der Waals surface area contributed by atoms with Crippen LogP contribution in [0.4, 0.5) is 27.6 Å². The van der Waals surface area contributed by atoms with Crippen LogP contribution in [-0.4, -0.2) is 23.3 Å². The fourth-order valence-corrected chi connectivity index (χ4v) is 3.31. The number of hydrogen-bond acceptors (Lipinski definition) is 6. The monoisotopic (exact) mass is 432 g/mol. The summed E-state index contributed by atoms with van der Waals surface area (Å²) in [5.41, 5.74) is 1.55. The van der Waals surface area contributed by atoms with Gasteiger partial charge in [0.05, 0.1) is 6.04 Å². The number of hydrogen-bond donors (Lipinski definition) is 2. The maximum absolute atomic E-state index is 15.2. The van der Waals surface area contributed by atoms with Crippen LogP contribution in [0.2, 0.25) is 0 Å². The van der Waals surface area contributed by atoms with Crippen molar-refractivity contribution in [1.29, 1.82) is 0 Å². The summed E-state index contributed by atoms with van der Waals surface area (Å²) in [6, 6.07) is 2.45. The zero-order chi connectivity index (χ0) is 22.5. The lowest BCUT2D eigenvalue weighted by Gasteiger charge is -2.41. The number of aliphatic imine (C=N–C) groups is 1. The molecule has 1 aromatic heterocycles. The van der Waals surface area contributed by atoms with E-state index in [2.05, 4.69) is 15.3 Å². The maximum Gasteiger partial charge on any atom is 0.451 e. The molecule has 1 aromatic carbocycles. The van der Waals surface area contributed by atoms with Gasteiger partial charge in [0.15, 0.2) is 11.6 Å². The standard InChI is InChI=1S/C19H21F5N4O2/c1-9(14-15(19(22,23)24)30-10(2)27-14)26-11-5-6-13(20)12(7-11)18(4)17(3,21)8-29-16(25)28-18/h5-7,9,26H,8H2,1-4H3,(H2,25,28)/t9?,17-,18+/m0/s1. The molecule has 0 saturated carbocycles. The molecule has 2 aromatic rings. The van der Waals surface area contributed by atoms with Crippen LogP contribution in [0.1, 0.15) is 49.7 Å². The van der Waals surface area contributed by atoms with Gasteiger partial charge in [0.25, 0.3) is 6.02 Å². The van der Waals surface area contributed by atoms with Gasteiger partial charge in [-0.3, -0.25) is 0 Å². The molecule has 3 rings (SSSR count). The normalized spacial score (nSPS) is 25.4. The van der Waals surface area contributed by atoms with Gasteiger partial charge in [0.2, 0.25) is 5.76 Å². The van der Waals surface area contributed by atoms with E-state index < -0.39 is 41.6 Å². The van der Waals surface area contributed by atoms with Crippen molar-refractivity contribution in [2.45, 2.75) is 51.1 Å². The molecule has 2 heterocycles. The Kier molecular flexibility index (Phi) is 5.20. The number of alkyl halides is 4. The van der Waals surface area contributed by atoms with Crippen molar-refractivity contribution < 1.29 is 31.1 Å². The number of nitrogens with one attached hydrogen (secondary N) is 1. The molecular weight excluding hydrogens is 411 g/mol. The topological polar surface area (TPSA) is 85.7 Å². The van der Waals surface area contributed by atoms with E-state index >= 15 is 4.39 Å². The Hall–Kier alpha value is -2.85. The van der Waals surface area contributed by atoms with E-state index in [1.807, 2.05) is 0 Å². The summed E-state index contributed by atoms with van der Waals surface area (Å²) in [4.78, 5) is 7.79. The number of amidine groups is 1. The molecule has 1 aliphatic rings. The highest BCUT2D eigenvalue weighted by molar-refractivity contribution is 5.73. The zero-order valence-corrected chi connectivity index (χ0v) is 16.7. The van der Waals surface area contributed by atoms with Crippen molar-refractivity contribution in [3.63, 3.8) is 0 Å². The average Bonchev–Trinajstić information content (AvgIpc) is 3.03. The number of aromatic nitrogens is 1. The molecule has 0 bridgehead atoms. The Morgan fingerprint density at radius 3 is 2.57 bits per heavy atom. The largest absolute Gasteiger partial charge is 0.462 e. The minimum atomic E-state index is -4.72. The number of halogens is 5. The first-order valence-electron chi connectivity index (χ1n) is 9.03. The molecule has 1 aliphatic heterocycles. The fourth-order valence-electron chi connectivity index (χ4n) is 3.31. The van der Waals surface area contributed by atoms with E-state index in [1.165, 1.54) is 39.8 Å². The van der Waals surface area contributed by atoms with Crippen LogP contribution in [0.5, 0.6) is 0 Å². The van der Waals surface area contributed by atoms with Gasteiger partial charge >= 0.3 is 6.18 Å². The minimum Gasteiger partial charge on any atom is -0.462 e. The Morgan fingerprint density at radius 1 is 1.27 bits per heavy atom. The van der Waals surface area contributed by atoms with Crippen molar-refractivity contribution in [2.24, 2.45) is 10.7 Å². The first-order chi connectivity index (χ1) is 13.7. The first-order valence-corrected chi connectivity index (χ1v) is 9.03. The first kappa shape index (κ1) is 21.8. The second kappa shape index (κ2) is 7.13. The van der Waals surface area contributed by atoms with Gasteiger partial charge in [-0.25, -0.2) is 18.8 Å². The average molecular weight is 432 g/mol. The lowest BCUT2D eigenvalue weighted by molar-refractivity contribution is -0.154. The van der Waals surface area contributed by atoms with Gasteiger partial charge < -0.3 is 20.2 Å². The van der Waals surface area contributed by atoms with E-state index in [0.29, 0.717) is 0 Å². The Morgan fingerprint density at radius 2 is 1.93 bits per heavy atom. The smallest absolute Gasteiger partial charge is 0.451 e. The molecule has 1 unspecified atom stereocenters. The summed E-state index contributed by atoms with van der Waals surface area (Å²) >= 11 is 0. The molecule has 0 radical (unpaired) electrons. The van der Waals surface area contributed by atoms with Crippen molar-refractivity contribution in [1.82, 2.24) is 4.98 Å². The number of nitrogens with two attached hydrogens (primary N) is 1. The molecule has 6 nitrogen and oxygen atoms in total. The van der Waals surface area contributed by atoms with Crippen LogP contribution in [0, 0.1) is 12.7 Å². The lowest BCUT2D eigenvalue weighted by Crippen LogP contribution is -2.52. The second-order valence-electron chi connectivity index (χ2n) is 7.51. The molecule has 30 heavy (non-hydrogen) atoms. The lowest BCUT2D eigenvalue weighted by atomic mass is 9.78. The number of ether oxygens (including phenoxy) is 1. The van der Waals surface area contributed by atoms with Gasteiger partial charge in [-0.15, -0.1) is 0 Å². The van der Waals surface area contributed by atoms with Crippen molar-refractivity contribution in [3.05, 3.63) is 46.9 Å². The summed E-state index contributed by atoms with van der Waals surface area (Å²) in [6.07, 6.45) is -4.72. The zero-order valence-electron chi connectivity index (χ0n) is 16.7. The summed E-state index contributed by atoms with van der Waals surface area (Å²) in [5.74, 6) is -2.10. The highest BCUT2D eigenvalue weighted by atomic mass is 19.4. The van der Waals surface area contributed by atoms with E-state index in [9.17, 15) is 17.6 Å². The fraction of sp³-hybridized carbons (Fsp3) is 0.474. The van der Waals surface area contributed by atoms with Crippen LogP contribution in [0.25, 0.3) is 0 Å². The van der Waals surface area contributed by atoms with Gasteiger partial charge in [-0.05, 0) is 39.0 Å². The van der Waals surface area contributed by atoms with Crippen molar-refractivity contribution in [3.8, 4) is 0 Å². The van der Waals surface area contributed by atoms with E-state index in [0.717, 1.165) is 6.07 Å². The molecule has 0 fully saturated rings. The third-order valence-electron chi connectivity index (χ3n) is 5.14. The van der Waals surface area contributed by atoms with Crippen LogP contribution in [0.15, 0.2) is 27.6 Å². The number of anilines is 1. The molecule has 0 aliphatic carbocycles. The van der Waals surface area contributed by atoms with Crippen LogP contribution < -0.4 is 11.1 Å². The van der Waals surface area contributed by atoms with E-state index in [1.54, 1.807) is 0 Å². The molecule has 164 valence electrons. The summed E-state index contributed by atoms with van der Waals surface area (Å²) < 4.78 is 79.1. The van der Waals surface area contributed by atoms with Gasteiger partial charge in [-0.1, -0.05) is 0 Å². The predicted molar refractivity (Wildman–Crippen MR) is 99.1 cm³/mol. The highest BCUT2D eigenvalue weighted by Crippen LogP contribution is 2.44. The van der Waals surface area contributed by atoms with Crippen LogP contribution in [0.3, 0.4) is 0 Å². The summed E-state index contributed by atoms with van der Waals surface area (Å²) in [6.45, 7) is 4.90. The third kappa shape index (κ3) is 3.80. The molecular formula is C19H21F5N4O2. The van der Waals surface area contributed by atoms with Crippen molar-refractivity contribution in [2.75, 3.05) is 11.9 Å². The molecule has 0 saturated heterocycles. The van der Waals surface area contributed by atoms with Gasteiger partial charge in [0.1, 0.15) is 23.7 Å². The van der Waals surface area contributed by atoms with Gasteiger partial charge in [0, 0.05) is 18.2 Å². The molecule has 11 heteroatoms. The predicted octanol–water partition coefficient (Wildman–Crippen LogP) is 4.60. The molecule has 0 spiro atoms. The Labute approximate surface area is 169 Å². The SMILES string of the molecule is Cc1nc(C(C)Nc2ccc(F)c([C@@]3(C)N=C(N)OC[C@]3(C)F)c2)c(C(F)(F)F)o1. The second-order valence-corrected chi connectivity index (χ2v) is 7.51. The maximum atomic E-state index is 15.2. The number of rotatable bonds is 4.